The molecule has 2 saturated heterocycles. The second-order valence-electron chi connectivity index (χ2n) is 19.4. The van der Waals surface area contributed by atoms with Crippen molar-refractivity contribution in [3.63, 3.8) is 0 Å². The third-order valence-electron chi connectivity index (χ3n) is 14.7. The van der Waals surface area contributed by atoms with Gasteiger partial charge in [0.25, 0.3) is 0 Å². The Balaban J connectivity index is 0.839. The topological polar surface area (TPSA) is 158 Å². The Hall–Kier alpha value is -6.60. The Kier molecular flexibility index (Phi) is 10.6. The largest absolute Gasteiger partial charge is 0.453 e. The summed E-state index contributed by atoms with van der Waals surface area (Å²) < 4.78 is 10.5. The van der Waals surface area contributed by atoms with Crippen molar-refractivity contribution < 1.29 is 28.7 Å². The summed E-state index contributed by atoms with van der Waals surface area (Å²) in [6, 6.07) is 29.4. The van der Waals surface area contributed by atoms with Crippen molar-refractivity contribution >= 4 is 67.8 Å². The van der Waals surface area contributed by atoms with E-state index in [1.54, 1.807) is 7.11 Å². The molecule has 0 unspecified atom stereocenters. The SMILES string of the molecule is COC[C@H]1C[C@@H](C2=Nc3ccc4cc(-c5ccc6c(ccc7[nH]c([C@@H]8C[C@H]9C[C@H]9N8C(=O)[C@@H](NC(=O)OC)C(C)C)nc76)c5)ccc4c3C2)N(C(=O)[C@H](NC(=O)C2CC2)c2ccccc2)C1. The number of H-pyrrole nitrogens is 1. The Morgan fingerprint density at radius 3 is 2.29 bits per heavy atom. The van der Waals surface area contributed by atoms with Gasteiger partial charge < -0.3 is 34.9 Å². The van der Waals surface area contributed by atoms with Gasteiger partial charge in [-0.05, 0) is 107 Å². The van der Waals surface area contributed by atoms with Crippen LogP contribution >= 0.6 is 0 Å². The molecule has 2 aliphatic carbocycles. The molecule has 13 nitrogen and oxygen atoms in total. The number of alkyl carbamates (subject to hydrolysis) is 1. The fraction of sp³-hybridized carbons (Fsp3) is 0.396. The Morgan fingerprint density at radius 1 is 0.818 bits per heavy atom. The maximum Gasteiger partial charge on any atom is 0.407 e. The minimum atomic E-state index is -0.767. The van der Waals surface area contributed by atoms with Crippen molar-refractivity contribution in [2.24, 2.45) is 28.7 Å². The van der Waals surface area contributed by atoms with Gasteiger partial charge in [0.2, 0.25) is 17.7 Å². The number of fused-ring (bicyclic) bond motifs is 7. The van der Waals surface area contributed by atoms with E-state index < -0.39 is 18.2 Å². The van der Waals surface area contributed by atoms with E-state index in [4.69, 9.17) is 19.5 Å². The highest BCUT2D eigenvalue weighted by Crippen LogP contribution is 2.53. The predicted molar refractivity (Wildman–Crippen MR) is 253 cm³/mol. The van der Waals surface area contributed by atoms with E-state index in [1.165, 1.54) is 7.11 Å². The van der Waals surface area contributed by atoms with Crippen LogP contribution in [0.4, 0.5) is 10.5 Å². The molecular weight excluding hydrogens is 831 g/mol. The lowest BCUT2D eigenvalue weighted by Crippen LogP contribution is -2.52. The van der Waals surface area contributed by atoms with Gasteiger partial charge in [-0.3, -0.25) is 19.4 Å². The second kappa shape index (κ2) is 16.7. The first-order chi connectivity index (χ1) is 32.1. The summed E-state index contributed by atoms with van der Waals surface area (Å²) in [6.07, 6.45) is 4.30. The Bertz CT molecular complexity index is 2960. The van der Waals surface area contributed by atoms with Gasteiger partial charge in [-0.25, -0.2) is 9.78 Å². The minimum absolute atomic E-state index is 0.0197. The van der Waals surface area contributed by atoms with E-state index in [-0.39, 0.29) is 53.6 Å². The molecule has 3 N–H and O–H groups in total. The summed E-state index contributed by atoms with van der Waals surface area (Å²) in [5.41, 5.74) is 7.82. The molecule has 4 heterocycles. The zero-order valence-electron chi connectivity index (χ0n) is 37.8. The van der Waals surface area contributed by atoms with Crippen LogP contribution in [-0.4, -0.2) is 94.8 Å². The maximum atomic E-state index is 14.6. The number of amides is 4. The summed E-state index contributed by atoms with van der Waals surface area (Å²) in [5, 5.41) is 10.2. The lowest BCUT2D eigenvalue weighted by atomic mass is 9.94. The van der Waals surface area contributed by atoms with E-state index in [0.717, 1.165) is 104 Å². The van der Waals surface area contributed by atoms with Gasteiger partial charge in [0.1, 0.15) is 17.9 Å². The number of carbonyl (C=O) groups is 4. The van der Waals surface area contributed by atoms with Gasteiger partial charge in [-0.1, -0.05) is 80.6 Å². The molecule has 3 aliphatic heterocycles. The molecule has 5 aliphatic rings. The van der Waals surface area contributed by atoms with Crippen molar-refractivity contribution in [3.05, 3.63) is 108 Å². The molecule has 4 fully saturated rings. The number of carbonyl (C=O) groups excluding carboxylic acids is 4. The van der Waals surface area contributed by atoms with Crippen LogP contribution in [0, 0.1) is 23.7 Å². The van der Waals surface area contributed by atoms with Crippen LogP contribution in [0.15, 0.2) is 96.0 Å². The molecule has 6 aromatic rings. The molecule has 66 heavy (non-hydrogen) atoms. The Morgan fingerprint density at radius 2 is 1.56 bits per heavy atom. The molecule has 1 aromatic heterocycles. The van der Waals surface area contributed by atoms with E-state index in [9.17, 15) is 19.2 Å². The van der Waals surface area contributed by atoms with Gasteiger partial charge in [-0.15, -0.1) is 0 Å². The highest BCUT2D eigenvalue weighted by Gasteiger charge is 2.56. The van der Waals surface area contributed by atoms with Crippen molar-refractivity contribution in [2.75, 3.05) is 27.4 Å². The summed E-state index contributed by atoms with van der Waals surface area (Å²) in [4.78, 5) is 71.7. The van der Waals surface area contributed by atoms with Crippen molar-refractivity contribution in [1.29, 1.82) is 0 Å². The number of ether oxygens (including phenoxy) is 2. The van der Waals surface area contributed by atoms with E-state index >= 15 is 0 Å². The summed E-state index contributed by atoms with van der Waals surface area (Å²) in [7, 11) is 3.01. The number of aromatic amines is 1. The number of methoxy groups -OCH3 is 2. The zero-order valence-corrected chi connectivity index (χ0v) is 37.8. The monoisotopic (exact) mass is 885 g/mol. The maximum absolute atomic E-state index is 14.6. The number of piperidine rings is 1. The van der Waals surface area contributed by atoms with Crippen LogP contribution in [0.2, 0.25) is 0 Å². The van der Waals surface area contributed by atoms with E-state index in [0.29, 0.717) is 25.5 Å². The Labute approximate surface area is 383 Å². The lowest BCUT2D eigenvalue weighted by Gasteiger charge is -2.31. The number of imidazole rings is 1. The highest BCUT2D eigenvalue weighted by atomic mass is 16.5. The van der Waals surface area contributed by atoms with Crippen LogP contribution < -0.4 is 10.6 Å². The molecule has 5 aromatic carbocycles. The zero-order chi connectivity index (χ0) is 45.4. The molecule has 0 radical (unpaired) electrons. The number of hydrogen-bond donors (Lipinski definition) is 3. The van der Waals surface area contributed by atoms with Crippen LogP contribution in [-0.2, 0) is 30.3 Å². The number of nitrogens with one attached hydrogen (secondary N) is 3. The molecule has 11 rings (SSSR count). The van der Waals surface area contributed by atoms with Crippen LogP contribution in [0.5, 0.6) is 0 Å². The first kappa shape index (κ1) is 42.1. The first-order valence-electron chi connectivity index (χ1n) is 23.4. The average molecular weight is 886 g/mol. The standard InChI is InChI=1S/C53H55N7O6/c1-28(2)46(58-53(64)66-4)52(63)60-43-23-36(43)24-45(60)49-55-41-19-15-35-22-33(13-17-38(35)48(41)56-49)32-12-16-37-34(21-32)14-18-40-39(37)25-42(54-40)44-20-29(27-65-3)26-59(44)51(62)47(30-8-6-5-7-9-30)57-50(61)31-10-11-31/h5-9,12-19,21-22,28-29,31,36,43-47H,10-11,20,23-27H2,1-4H3,(H,55,56)(H,57,61)(H,58,64)/t29-,36+,43+,44-,45-,46-,47+/m0/s1. The molecule has 4 amide bonds. The van der Waals surface area contributed by atoms with Gasteiger partial charge in [0, 0.05) is 49.1 Å². The lowest BCUT2D eigenvalue weighted by molar-refractivity contribution is -0.137. The van der Waals surface area contributed by atoms with Gasteiger partial charge in [0.05, 0.1) is 42.5 Å². The first-order valence-corrected chi connectivity index (χ1v) is 23.4. The van der Waals surface area contributed by atoms with Crippen LogP contribution in [0.1, 0.15) is 75.0 Å². The van der Waals surface area contributed by atoms with Gasteiger partial charge >= 0.3 is 6.09 Å². The summed E-state index contributed by atoms with van der Waals surface area (Å²) in [6.45, 7) is 4.94. The number of likely N-dealkylation sites (tertiary alicyclic amines) is 2. The average Bonchev–Trinajstić information content (AvgIpc) is 4.10. The number of benzene rings is 5. The fourth-order valence-electron chi connectivity index (χ4n) is 11.0. The van der Waals surface area contributed by atoms with Crippen molar-refractivity contribution in [2.45, 2.75) is 82.6 Å². The van der Waals surface area contributed by atoms with E-state index in [1.807, 2.05) is 54.0 Å². The van der Waals surface area contributed by atoms with Crippen molar-refractivity contribution in [3.8, 4) is 11.1 Å². The fourth-order valence-corrected chi connectivity index (χ4v) is 11.0. The number of hydrogen-bond acceptors (Lipinski definition) is 8. The second-order valence-corrected chi connectivity index (χ2v) is 19.4. The predicted octanol–water partition coefficient (Wildman–Crippen LogP) is 8.34. The quantitative estimate of drug-likeness (QED) is 0.112. The van der Waals surface area contributed by atoms with Gasteiger partial charge in [-0.2, -0.15) is 0 Å². The highest BCUT2D eigenvalue weighted by molar-refractivity contribution is 6.08. The number of nitrogens with zero attached hydrogens (tertiary/aromatic N) is 4. The summed E-state index contributed by atoms with van der Waals surface area (Å²) in [5.74, 6) is 0.968. The summed E-state index contributed by atoms with van der Waals surface area (Å²) >= 11 is 0. The third kappa shape index (κ3) is 7.56. The number of aromatic nitrogens is 2. The van der Waals surface area contributed by atoms with Crippen LogP contribution in [0.3, 0.4) is 0 Å². The number of rotatable bonds is 12. The molecule has 338 valence electrons. The van der Waals surface area contributed by atoms with Gasteiger partial charge in [0.15, 0.2) is 0 Å². The smallest absolute Gasteiger partial charge is 0.407 e. The number of aliphatic imine (C=N–C) groups is 1. The molecular formula is C53H55N7O6. The minimum Gasteiger partial charge on any atom is -0.453 e. The molecule has 13 heteroatoms. The molecule has 0 bridgehead atoms. The molecule has 2 saturated carbocycles. The molecule has 0 spiro atoms. The van der Waals surface area contributed by atoms with Crippen LogP contribution in [0.25, 0.3) is 43.7 Å². The third-order valence-corrected chi connectivity index (χ3v) is 14.7. The van der Waals surface area contributed by atoms with Crippen molar-refractivity contribution in [1.82, 2.24) is 30.4 Å². The normalized spacial score (nSPS) is 22.9. The molecule has 7 atom stereocenters. The van der Waals surface area contributed by atoms with E-state index in [2.05, 4.69) is 76.3 Å².